The van der Waals surface area contributed by atoms with Gasteiger partial charge in [0.05, 0.1) is 17.6 Å². The molecule has 2 N–H and O–H groups in total. The summed E-state index contributed by atoms with van der Waals surface area (Å²) in [7, 11) is 1.64. The number of phenolic OH excluding ortho intramolecular Hbond substituents is 1. The van der Waals surface area contributed by atoms with E-state index >= 15 is 0 Å². The molecule has 0 fully saturated rings. The molecule has 0 aromatic heterocycles. The summed E-state index contributed by atoms with van der Waals surface area (Å²) >= 11 is 3.47. The molecular formula is C15H14BrNO3. The summed E-state index contributed by atoms with van der Waals surface area (Å²) in [6, 6.07) is 11.1. The molecule has 104 valence electrons. The Labute approximate surface area is 125 Å². The Morgan fingerprint density at radius 3 is 2.90 bits per heavy atom. The number of rotatable bonds is 3. The number of phenols is 1. The first-order chi connectivity index (χ1) is 9.67. The number of anilines is 1. The van der Waals surface area contributed by atoms with Gasteiger partial charge in [0.15, 0.2) is 0 Å². The number of aromatic hydroxyl groups is 1. The van der Waals surface area contributed by atoms with E-state index in [0.717, 1.165) is 27.2 Å². The zero-order valence-corrected chi connectivity index (χ0v) is 12.5. The third-order valence-corrected chi connectivity index (χ3v) is 3.89. The first-order valence-electron chi connectivity index (χ1n) is 6.23. The largest absolute Gasteiger partial charge is 0.508 e. The average molecular weight is 336 g/mol. The molecule has 0 spiro atoms. The summed E-state index contributed by atoms with van der Waals surface area (Å²) in [6.07, 6.45) is 0. The summed E-state index contributed by atoms with van der Waals surface area (Å²) < 4.78 is 11.7. The Bertz CT molecular complexity index is 645. The van der Waals surface area contributed by atoms with E-state index in [0.29, 0.717) is 6.61 Å². The normalized spacial score (nSPS) is 16.4. The first-order valence-corrected chi connectivity index (χ1v) is 7.02. The summed E-state index contributed by atoms with van der Waals surface area (Å²) in [5.41, 5.74) is 2.03. The molecule has 1 aliphatic heterocycles. The fraction of sp³-hybridized carbons (Fsp3) is 0.200. The minimum atomic E-state index is 0.0749. The van der Waals surface area contributed by atoms with Gasteiger partial charge in [-0.25, -0.2) is 0 Å². The molecule has 0 saturated heterocycles. The lowest BCUT2D eigenvalue weighted by Crippen LogP contribution is -2.11. The van der Waals surface area contributed by atoms with Gasteiger partial charge in [-0.3, -0.25) is 0 Å². The molecule has 0 saturated carbocycles. The number of fused-ring (bicyclic) bond motifs is 1. The third-order valence-electron chi connectivity index (χ3n) is 3.27. The maximum Gasteiger partial charge on any atom is 0.133 e. The second kappa shape index (κ2) is 5.25. The van der Waals surface area contributed by atoms with Crippen molar-refractivity contribution in [2.75, 3.05) is 19.0 Å². The topological polar surface area (TPSA) is 50.7 Å². The molecule has 1 atom stereocenters. The van der Waals surface area contributed by atoms with Gasteiger partial charge in [-0.1, -0.05) is 0 Å². The van der Waals surface area contributed by atoms with E-state index in [-0.39, 0.29) is 11.8 Å². The molecular weight excluding hydrogens is 322 g/mol. The molecule has 0 bridgehead atoms. The van der Waals surface area contributed by atoms with E-state index in [1.165, 1.54) is 0 Å². The second-order valence-corrected chi connectivity index (χ2v) is 5.43. The van der Waals surface area contributed by atoms with Crippen LogP contribution >= 0.6 is 15.9 Å². The van der Waals surface area contributed by atoms with Crippen LogP contribution in [0.5, 0.6) is 17.2 Å². The van der Waals surface area contributed by atoms with Gasteiger partial charge in [-0.05, 0) is 46.3 Å². The van der Waals surface area contributed by atoms with Gasteiger partial charge in [-0.2, -0.15) is 0 Å². The van der Waals surface area contributed by atoms with E-state index < -0.39 is 0 Å². The minimum absolute atomic E-state index is 0.0749. The highest BCUT2D eigenvalue weighted by Gasteiger charge is 2.24. The van der Waals surface area contributed by atoms with E-state index in [2.05, 4.69) is 21.2 Å². The Morgan fingerprint density at radius 2 is 2.15 bits per heavy atom. The third kappa shape index (κ3) is 2.41. The number of hydrogen-bond donors (Lipinski definition) is 2. The Kier molecular flexibility index (Phi) is 3.44. The molecule has 3 rings (SSSR count). The molecule has 2 aromatic carbocycles. The van der Waals surface area contributed by atoms with E-state index in [1.807, 2.05) is 24.3 Å². The van der Waals surface area contributed by atoms with Crippen LogP contribution in [0.1, 0.15) is 11.6 Å². The number of halogens is 1. The van der Waals surface area contributed by atoms with Gasteiger partial charge in [0, 0.05) is 17.3 Å². The van der Waals surface area contributed by atoms with Crippen molar-refractivity contribution in [3.63, 3.8) is 0 Å². The highest BCUT2D eigenvalue weighted by atomic mass is 79.9. The molecule has 1 aliphatic rings. The number of ether oxygens (including phenoxy) is 2. The molecule has 20 heavy (non-hydrogen) atoms. The SMILES string of the molecule is COc1ccc(NC2COc3cc(O)ccc32)cc1Br. The van der Waals surface area contributed by atoms with Gasteiger partial charge in [-0.15, -0.1) is 0 Å². The average Bonchev–Trinajstić information content (AvgIpc) is 2.81. The number of nitrogens with one attached hydrogen (secondary N) is 1. The van der Waals surface area contributed by atoms with Gasteiger partial charge in [0.25, 0.3) is 0 Å². The molecule has 1 unspecified atom stereocenters. The maximum absolute atomic E-state index is 9.45. The van der Waals surface area contributed by atoms with Crippen LogP contribution in [0, 0.1) is 0 Å². The van der Waals surface area contributed by atoms with Crippen LogP contribution in [0.4, 0.5) is 5.69 Å². The number of hydrogen-bond acceptors (Lipinski definition) is 4. The van der Waals surface area contributed by atoms with Crippen molar-refractivity contribution in [3.8, 4) is 17.2 Å². The van der Waals surface area contributed by atoms with Crippen LogP contribution in [0.25, 0.3) is 0 Å². The second-order valence-electron chi connectivity index (χ2n) is 4.58. The molecule has 0 amide bonds. The summed E-state index contributed by atoms with van der Waals surface area (Å²) in [4.78, 5) is 0. The van der Waals surface area contributed by atoms with Crippen molar-refractivity contribution < 1.29 is 14.6 Å². The van der Waals surface area contributed by atoms with Crippen LogP contribution in [0.3, 0.4) is 0 Å². The summed E-state index contributed by atoms with van der Waals surface area (Å²) in [6.45, 7) is 0.544. The van der Waals surface area contributed by atoms with Crippen molar-refractivity contribution in [3.05, 3.63) is 46.4 Å². The summed E-state index contributed by atoms with van der Waals surface area (Å²) in [5.74, 6) is 1.75. The molecule has 5 heteroatoms. The van der Waals surface area contributed by atoms with Gasteiger partial charge in [0.2, 0.25) is 0 Å². The van der Waals surface area contributed by atoms with Crippen molar-refractivity contribution in [1.82, 2.24) is 0 Å². The Hall–Kier alpha value is -1.88. The lowest BCUT2D eigenvalue weighted by molar-refractivity contribution is 0.338. The molecule has 1 heterocycles. The zero-order chi connectivity index (χ0) is 14.1. The lowest BCUT2D eigenvalue weighted by atomic mass is 10.1. The zero-order valence-electron chi connectivity index (χ0n) is 10.9. The van der Waals surface area contributed by atoms with E-state index in [4.69, 9.17) is 9.47 Å². The monoisotopic (exact) mass is 335 g/mol. The molecule has 2 aromatic rings. The van der Waals surface area contributed by atoms with Gasteiger partial charge in [0.1, 0.15) is 23.9 Å². The van der Waals surface area contributed by atoms with E-state index in [9.17, 15) is 5.11 Å². The standard InChI is InChI=1S/C15H14BrNO3/c1-19-14-5-2-9(6-12(14)16)17-13-8-20-15-7-10(18)3-4-11(13)15/h2-7,13,17-18H,8H2,1H3. The van der Waals surface area contributed by atoms with Crippen LogP contribution < -0.4 is 14.8 Å². The van der Waals surface area contributed by atoms with Crippen LogP contribution in [-0.2, 0) is 0 Å². The van der Waals surface area contributed by atoms with Crippen molar-refractivity contribution in [2.24, 2.45) is 0 Å². The fourth-order valence-electron chi connectivity index (χ4n) is 2.28. The van der Waals surface area contributed by atoms with Gasteiger partial charge >= 0.3 is 0 Å². The Balaban J connectivity index is 1.82. The Morgan fingerprint density at radius 1 is 1.30 bits per heavy atom. The quantitative estimate of drug-likeness (QED) is 0.897. The van der Waals surface area contributed by atoms with Gasteiger partial charge < -0.3 is 19.9 Å². The summed E-state index contributed by atoms with van der Waals surface area (Å²) in [5, 5.41) is 12.9. The predicted octanol–water partition coefficient (Wildman–Crippen LogP) is 3.71. The molecule has 0 aliphatic carbocycles. The number of methoxy groups -OCH3 is 1. The fourth-order valence-corrected chi connectivity index (χ4v) is 2.82. The molecule has 4 nitrogen and oxygen atoms in total. The van der Waals surface area contributed by atoms with Crippen molar-refractivity contribution in [2.45, 2.75) is 6.04 Å². The van der Waals surface area contributed by atoms with Crippen molar-refractivity contribution >= 4 is 21.6 Å². The minimum Gasteiger partial charge on any atom is -0.508 e. The first kappa shape index (κ1) is 13.1. The number of benzene rings is 2. The van der Waals surface area contributed by atoms with Crippen LogP contribution in [-0.4, -0.2) is 18.8 Å². The van der Waals surface area contributed by atoms with Crippen LogP contribution in [0.15, 0.2) is 40.9 Å². The predicted molar refractivity (Wildman–Crippen MR) is 80.7 cm³/mol. The highest BCUT2D eigenvalue weighted by molar-refractivity contribution is 9.10. The smallest absolute Gasteiger partial charge is 0.133 e. The van der Waals surface area contributed by atoms with Crippen molar-refractivity contribution in [1.29, 1.82) is 0 Å². The highest BCUT2D eigenvalue weighted by Crippen LogP contribution is 2.37. The molecule has 0 radical (unpaired) electrons. The lowest BCUT2D eigenvalue weighted by Gasteiger charge is -2.14. The maximum atomic E-state index is 9.45. The van der Waals surface area contributed by atoms with Crippen LogP contribution in [0.2, 0.25) is 0 Å². The van der Waals surface area contributed by atoms with E-state index in [1.54, 1.807) is 19.2 Å².